The maximum atomic E-state index is 12.6. The molecule has 1 aromatic heterocycles. The monoisotopic (exact) mass is 349 g/mol. The Labute approximate surface area is 142 Å². The van der Waals surface area contributed by atoms with Crippen molar-refractivity contribution in [2.45, 2.75) is 43.3 Å². The second-order valence-electron chi connectivity index (χ2n) is 6.18. The number of sulfonamides is 1. The van der Waals surface area contributed by atoms with E-state index in [0.717, 1.165) is 19.4 Å². The fourth-order valence-corrected chi connectivity index (χ4v) is 4.56. The van der Waals surface area contributed by atoms with E-state index in [4.69, 9.17) is 0 Å². The molecule has 1 fully saturated rings. The van der Waals surface area contributed by atoms with Crippen LogP contribution >= 0.6 is 0 Å². The lowest BCUT2D eigenvalue weighted by Crippen LogP contribution is -2.47. The average Bonchev–Trinajstić information content (AvgIpc) is 3.09. The van der Waals surface area contributed by atoms with Crippen molar-refractivity contribution < 1.29 is 8.42 Å². The van der Waals surface area contributed by atoms with Crippen LogP contribution in [0.4, 0.5) is 0 Å². The first-order valence-corrected chi connectivity index (χ1v) is 9.63. The Bertz CT molecular complexity index is 725. The van der Waals surface area contributed by atoms with Crippen molar-refractivity contribution in [3.05, 3.63) is 43.0 Å². The standard InChI is InChI=1S/C16H23N5O2S/c1-14(11-20-13-17-12-18-20)19-15-7-9-21(10-8-15)24(22,23)16-5-3-2-4-6-16/h2-6,12-15,19H,7-11H2,1H3. The molecule has 1 unspecified atom stereocenters. The second kappa shape index (κ2) is 7.42. The van der Waals surface area contributed by atoms with Gasteiger partial charge >= 0.3 is 0 Å². The largest absolute Gasteiger partial charge is 0.310 e. The first-order valence-electron chi connectivity index (χ1n) is 8.19. The lowest BCUT2D eigenvalue weighted by atomic mass is 10.1. The molecule has 7 nitrogen and oxygen atoms in total. The third-order valence-electron chi connectivity index (χ3n) is 4.28. The highest BCUT2D eigenvalue weighted by Gasteiger charge is 2.29. The fraction of sp³-hybridized carbons (Fsp3) is 0.500. The normalized spacial score (nSPS) is 18.5. The van der Waals surface area contributed by atoms with Crippen LogP contribution in [-0.2, 0) is 16.6 Å². The minimum atomic E-state index is -3.37. The van der Waals surface area contributed by atoms with Gasteiger partial charge in [-0.3, -0.25) is 4.68 Å². The van der Waals surface area contributed by atoms with Crippen LogP contribution in [0.25, 0.3) is 0 Å². The first kappa shape index (κ1) is 17.1. The molecule has 0 amide bonds. The third kappa shape index (κ3) is 4.00. The highest BCUT2D eigenvalue weighted by atomic mass is 32.2. The van der Waals surface area contributed by atoms with Gasteiger partial charge in [-0.25, -0.2) is 13.4 Å². The quantitative estimate of drug-likeness (QED) is 0.845. The Morgan fingerprint density at radius 1 is 1.25 bits per heavy atom. The Morgan fingerprint density at radius 3 is 2.58 bits per heavy atom. The van der Waals surface area contributed by atoms with Gasteiger partial charge in [0, 0.05) is 25.2 Å². The number of benzene rings is 1. The zero-order valence-corrected chi connectivity index (χ0v) is 14.6. The molecule has 1 aliphatic rings. The highest BCUT2D eigenvalue weighted by molar-refractivity contribution is 7.89. The Hall–Kier alpha value is -1.77. The molecule has 0 saturated carbocycles. The highest BCUT2D eigenvalue weighted by Crippen LogP contribution is 2.20. The average molecular weight is 349 g/mol. The SMILES string of the molecule is CC(Cn1cncn1)NC1CCN(S(=O)(=O)c2ccccc2)CC1. The van der Waals surface area contributed by atoms with Crippen LogP contribution in [0.1, 0.15) is 19.8 Å². The van der Waals surface area contributed by atoms with E-state index in [0.29, 0.717) is 24.0 Å². The molecule has 0 spiro atoms. The van der Waals surface area contributed by atoms with Crippen LogP contribution in [0.2, 0.25) is 0 Å². The van der Waals surface area contributed by atoms with Crippen LogP contribution in [0.5, 0.6) is 0 Å². The van der Waals surface area contributed by atoms with Gasteiger partial charge in [-0.15, -0.1) is 0 Å². The molecule has 0 radical (unpaired) electrons. The summed E-state index contributed by atoms with van der Waals surface area (Å²) in [5.41, 5.74) is 0. The minimum absolute atomic E-state index is 0.258. The van der Waals surface area contributed by atoms with Crippen molar-refractivity contribution in [3.63, 3.8) is 0 Å². The summed E-state index contributed by atoms with van der Waals surface area (Å²) in [6.45, 7) is 3.95. The summed E-state index contributed by atoms with van der Waals surface area (Å²) >= 11 is 0. The topological polar surface area (TPSA) is 80.1 Å². The molecule has 1 N–H and O–H groups in total. The molecule has 24 heavy (non-hydrogen) atoms. The van der Waals surface area contributed by atoms with Gasteiger partial charge in [0.15, 0.2) is 0 Å². The number of rotatable bonds is 6. The van der Waals surface area contributed by atoms with Gasteiger partial charge in [0.25, 0.3) is 0 Å². The maximum absolute atomic E-state index is 12.6. The predicted molar refractivity (Wildman–Crippen MR) is 90.8 cm³/mol. The van der Waals surface area contributed by atoms with Gasteiger partial charge in [-0.2, -0.15) is 9.40 Å². The molecule has 130 valence electrons. The summed E-state index contributed by atoms with van der Waals surface area (Å²) in [6, 6.07) is 9.23. The van der Waals surface area contributed by atoms with Crippen molar-refractivity contribution in [2.75, 3.05) is 13.1 Å². The third-order valence-corrected chi connectivity index (χ3v) is 6.20. The van der Waals surface area contributed by atoms with Crippen LogP contribution in [0.3, 0.4) is 0 Å². The molecular weight excluding hydrogens is 326 g/mol. The molecular formula is C16H23N5O2S. The molecule has 0 aliphatic carbocycles. The second-order valence-corrected chi connectivity index (χ2v) is 8.11. The molecule has 2 heterocycles. The fourth-order valence-electron chi connectivity index (χ4n) is 3.07. The molecule has 1 atom stereocenters. The molecule has 0 bridgehead atoms. The van der Waals surface area contributed by atoms with Gasteiger partial charge < -0.3 is 5.32 Å². The summed E-state index contributed by atoms with van der Waals surface area (Å²) in [5.74, 6) is 0. The van der Waals surface area contributed by atoms with E-state index < -0.39 is 10.0 Å². The molecule has 1 saturated heterocycles. The molecule has 1 aromatic carbocycles. The molecule has 1 aliphatic heterocycles. The lowest BCUT2D eigenvalue weighted by molar-refractivity contribution is 0.268. The lowest BCUT2D eigenvalue weighted by Gasteiger charge is -2.33. The maximum Gasteiger partial charge on any atom is 0.243 e. The van der Waals surface area contributed by atoms with Gasteiger partial charge in [-0.05, 0) is 31.9 Å². The van der Waals surface area contributed by atoms with Crippen LogP contribution in [0, 0.1) is 0 Å². The van der Waals surface area contributed by atoms with E-state index in [1.165, 1.54) is 6.33 Å². The zero-order chi connectivity index (χ0) is 17.0. The van der Waals surface area contributed by atoms with Gasteiger partial charge in [0.05, 0.1) is 11.4 Å². The van der Waals surface area contributed by atoms with Crippen molar-refractivity contribution in [1.82, 2.24) is 24.4 Å². The molecule has 3 rings (SSSR count). The van der Waals surface area contributed by atoms with Crippen LogP contribution in [-0.4, -0.2) is 52.7 Å². The molecule has 8 heteroatoms. The minimum Gasteiger partial charge on any atom is -0.310 e. The van der Waals surface area contributed by atoms with E-state index >= 15 is 0 Å². The summed E-state index contributed by atoms with van der Waals surface area (Å²) in [6.07, 6.45) is 4.86. The van der Waals surface area contributed by atoms with E-state index in [-0.39, 0.29) is 6.04 Å². The van der Waals surface area contributed by atoms with E-state index in [2.05, 4.69) is 22.3 Å². The smallest absolute Gasteiger partial charge is 0.243 e. The van der Waals surface area contributed by atoms with E-state index in [1.807, 2.05) is 6.07 Å². The number of piperidine rings is 1. The van der Waals surface area contributed by atoms with Crippen LogP contribution < -0.4 is 5.32 Å². The number of hydrogen-bond donors (Lipinski definition) is 1. The summed E-state index contributed by atoms with van der Waals surface area (Å²) in [7, 11) is -3.37. The Kier molecular flexibility index (Phi) is 5.27. The Balaban J connectivity index is 1.52. The van der Waals surface area contributed by atoms with Crippen molar-refractivity contribution in [3.8, 4) is 0 Å². The number of aromatic nitrogens is 3. The van der Waals surface area contributed by atoms with E-state index in [1.54, 1.807) is 39.6 Å². The van der Waals surface area contributed by atoms with Crippen molar-refractivity contribution in [1.29, 1.82) is 0 Å². The molecule has 2 aromatic rings. The van der Waals surface area contributed by atoms with Crippen LogP contribution in [0.15, 0.2) is 47.9 Å². The van der Waals surface area contributed by atoms with E-state index in [9.17, 15) is 8.42 Å². The summed E-state index contributed by atoms with van der Waals surface area (Å²) in [5, 5.41) is 7.66. The number of nitrogens with one attached hydrogen (secondary N) is 1. The Morgan fingerprint density at radius 2 is 1.96 bits per heavy atom. The number of nitrogens with zero attached hydrogens (tertiary/aromatic N) is 4. The van der Waals surface area contributed by atoms with Crippen molar-refractivity contribution >= 4 is 10.0 Å². The first-order chi connectivity index (χ1) is 11.6. The zero-order valence-electron chi connectivity index (χ0n) is 13.7. The summed E-state index contributed by atoms with van der Waals surface area (Å²) < 4.78 is 28.6. The van der Waals surface area contributed by atoms with Gasteiger partial charge in [-0.1, -0.05) is 18.2 Å². The predicted octanol–water partition coefficient (Wildman–Crippen LogP) is 1.11. The summed E-state index contributed by atoms with van der Waals surface area (Å²) in [4.78, 5) is 4.31. The van der Waals surface area contributed by atoms with Crippen molar-refractivity contribution in [2.24, 2.45) is 0 Å². The van der Waals surface area contributed by atoms with Gasteiger partial charge in [0.2, 0.25) is 10.0 Å². The number of hydrogen-bond acceptors (Lipinski definition) is 5. The van der Waals surface area contributed by atoms with Gasteiger partial charge in [0.1, 0.15) is 12.7 Å².